The molecule has 70 valence electrons. The van der Waals surface area contributed by atoms with E-state index in [2.05, 4.69) is 0 Å². The lowest BCUT2D eigenvalue weighted by atomic mass is 10.1. The summed E-state index contributed by atoms with van der Waals surface area (Å²) in [4.78, 5) is 11.0. The van der Waals surface area contributed by atoms with Crippen molar-refractivity contribution in [1.82, 2.24) is 0 Å². The van der Waals surface area contributed by atoms with Crippen LogP contribution in [0.2, 0.25) is 5.02 Å². The van der Waals surface area contributed by atoms with E-state index in [-0.39, 0.29) is 15.7 Å². The molecule has 0 aliphatic carbocycles. The fourth-order valence-corrected chi connectivity index (χ4v) is 1.63. The van der Waals surface area contributed by atoms with Gasteiger partial charge in [0, 0.05) is 5.56 Å². The zero-order valence-electron chi connectivity index (χ0n) is 6.78. The lowest BCUT2D eigenvalue weighted by Gasteiger charge is -2.00. The Morgan fingerprint density at radius 1 is 1.54 bits per heavy atom. The summed E-state index contributed by atoms with van der Waals surface area (Å²) in [6, 6.07) is 4.27. The number of hydrogen-bond acceptors (Lipinski definition) is 2. The van der Waals surface area contributed by atoms with Crippen LogP contribution in [0.15, 0.2) is 23.1 Å². The molecule has 1 aromatic rings. The second kappa shape index (κ2) is 4.00. The highest BCUT2D eigenvalue weighted by Crippen LogP contribution is 2.20. The van der Waals surface area contributed by atoms with Crippen LogP contribution in [0, 0.1) is 0 Å². The van der Waals surface area contributed by atoms with Crippen LogP contribution in [0.1, 0.15) is 17.3 Å². The number of rotatable bonds is 2. The Balaban J connectivity index is 3.27. The molecule has 0 fully saturated rings. The van der Waals surface area contributed by atoms with Gasteiger partial charge in [-0.1, -0.05) is 11.6 Å². The van der Waals surface area contributed by atoms with Crippen molar-refractivity contribution in [3.8, 4) is 0 Å². The van der Waals surface area contributed by atoms with Crippen LogP contribution in [0.4, 0.5) is 0 Å². The minimum Gasteiger partial charge on any atom is -0.302 e. The second-order valence-electron chi connectivity index (χ2n) is 2.45. The van der Waals surface area contributed by atoms with Crippen molar-refractivity contribution in [3.05, 3.63) is 28.8 Å². The average Bonchev–Trinajstić information content (AvgIpc) is 2.04. The number of carbonyl (C=O) groups is 1. The predicted octanol–water partition coefficient (Wildman–Crippen LogP) is 2.12. The van der Waals surface area contributed by atoms with Crippen molar-refractivity contribution in [1.29, 1.82) is 0 Å². The molecule has 3 nitrogen and oxygen atoms in total. The summed E-state index contributed by atoms with van der Waals surface area (Å²) in [5.41, 5.74) is 0.377. The van der Waals surface area contributed by atoms with Gasteiger partial charge in [0.25, 0.3) is 0 Å². The Bertz CT molecular complexity index is 376. The van der Waals surface area contributed by atoms with Crippen molar-refractivity contribution in [2.75, 3.05) is 0 Å². The Hall–Kier alpha value is -0.710. The molecule has 1 aromatic carbocycles. The molecule has 1 N–H and O–H groups in total. The molecular weight excluding hydrogens is 212 g/mol. The minimum atomic E-state index is -2.15. The molecule has 1 rings (SSSR count). The molecule has 0 saturated carbocycles. The Labute approximate surface area is 83.0 Å². The quantitative estimate of drug-likeness (QED) is 0.611. The molecule has 5 heteroatoms. The molecular formula is C8H7ClO3S. The second-order valence-corrected chi connectivity index (χ2v) is 3.80. The van der Waals surface area contributed by atoms with E-state index in [1.807, 2.05) is 0 Å². The van der Waals surface area contributed by atoms with E-state index >= 15 is 0 Å². The van der Waals surface area contributed by atoms with Crippen LogP contribution in [-0.4, -0.2) is 14.5 Å². The zero-order valence-corrected chi connectivity index (χ0v) is 8.35. The molecule has 0 radical (unpaired) electrons. The summed E-state index contributed by atoms with van der Waals surface area (Å²) >= 11 is 3.48. The molecule has 0 spiro atoms. The van der Waals surface area contributed by atoms with E-state index in [9.17, 15) is 9.00 Å². The first-order valence-electron chi connectivity index (χ1n) is 3.43. The summed E-state index contributed by atoms with van der Waals surface area (Å²) in [7, 11) is 0. The van der Waals surface area contributed by atoms with Gasteiger partial charge in [-0.15, -0.1) is 0 Å². The van der Waals surface area contributed by atoms with Gasteiger partial charge in [0.05, 0.1) is 9.92 Å². The van der Waals surface area contributed by atoms with Gasteiger partial charge >= 0.3 is 0 Å². The van der Waals surface area contributed by atoms with Gasteiger partial charge < -0.3 is 4.55 Å². The number of halogens is 1. The van der Waals surface area contributed by atoms with Crippen LogP contribution in [0.3, 0.4) is 0 Å². The SMILES string of the molecule is CC(=O)c1ccc(Cl)c(S(=O)O)c1. The third-order valence-electron chi connectivity index (χ3n) is 1.53. The topological polar surface area (TPSA) is 54.4 Å². The molecule has 0 aliphatic rings. The monoisotopic (exact) mass is 218 g/mol. The van der Waals surface area contributed by atoms with Crippen molar-refractivity contribution < 1.29 is 13.6 Å². The molecule has 0 aliphatic heterocycles. The number of Topliss-reactive ketones (excluding diaryl/α,β-unsaturated/α-hetero) is 1. The van der Waals surface area contributed by atoms with Crippen LogP contribution in [0.5, 0.6) is 0 Å². The van der Waals surface area contributed by atoms with Gasteiger partial charge in [0.1, 0.15) is 0 Å². The number of hydrogen-bond donors (Lipinski definition) is 1. The van der Waals surface area contributed by atoms with Crippen molar-refractivity contribution in [2.24, 2.45) is 0 Å². The Morgan fingerprint density at radius 3 is 2.62 bits per heavy atom. The first-order chi connectivity index (χ1) is 6.02. The minimum absolute atomic E-state index is 0.0642. The molecule has 13 heavy (non-hydrogen) atoms. The highest BCUT2D eigenvalue weighted by Gasteiger charge is 2.09. The third-order valence-corrected chi connectivity index (χ3v) is 2.68. The zero-order chi connectivity index (χ0) is 10.0. The number of benzene rings is 1. The average molecular weight is 219 g/mol. The normalized spacial score (nSPS) is 12.5. The van der Waals surface area contributed by atoms with Gasteiger partial charge in [-0.2, -0.15) is 0 Å². The van der Waals surface area contributed by atoms with E-state index in [1.54, 1.807) is 0 Å². The fourth-order valence-electron chi connectivity index (χ4n) is 0.856. The molecule has 0 saturated heterocycles. The van der Waals surface area contributed by atoms with Crippen LogP contribution >= 0.6 is 11.6 Å². The maximum atomic E-state index is 10.9. The van der Waals surface area contributed by atoms with E-state index in [4.69, 9.17) is 16.2 Å². The molecule has 1 unspecified atom stereocenters. The van der Waals surface area contributed by atoms with Gasteiger partial charge in [-0.3, -0.25) is 4.79 Å². The molecule has 0 aromatic heterocycles. The van der Waals surface area contributed by atoms with Crippen LogP contribution in [0.25, 0.3) is 0 Å². The number of carbonyl (C=O) groups excluding carboxylic acids is 1. The van der Waals surface area contributed by atoms with Crippen molar-refractivity contribution >= 4 is 28.5 Å². The van der Waals surface area contributed by atoms with Crippen molar-refractivity contribution in [3.63, 3.8) is 0 Å². The van der Waals surface area contributed by atoms with Crippen molar-refractivity contribution in [2.45, 2.75) is 11.8 Å². The lowest BCUT2D eigenvalue weighted by Crippen LogP contribution is -1.96. The van der Waals surface area contributed by atoms with Gasteiger partial charge in [0.2, 0.25) is 0 Å². The Morgan fingerprint density at radius 2 is 2.15 bits per heavy atom. The molecule has 0 amide bonds. The van der Waals surface area contributed by atoms with E-state index in [1.165, 1.54) is 25.1 Å². The first kappa shape index (κ1) is 10.4. The largest absolute Gasteiger partial charge is 0.302 e. The standard InChI is InChI=1S/C8H7ClO3S/c1-5(10)6-2-3-7(9)8(4-6)13(11)12/h2-4H,1H3,(H,11,12). The molecule has 0 bridgehead atoms. The van der Waals surface area contributed by atoms with Gasteiger partial charge in [-0.05, 0) is 25.1 Å². The van der Waals surface area contributed by atoms with E-state index in [0.29, 0.717) is 5.56 Å². The maximum absolute atomic E-state index is 10.9. The van der Waals surface area contributed by atoms with Crippen LogP contribution < -0.4 is 0 Å². The summed E-state index contributed by atoms with van der Waals surface area (Å²) in [6.07, 6.45) is 0. The lowest BCUT2D eigenvalue weighted by molar-refractivity contribution is 0.101. The summed E-state index contributed by atoms with van der Waals surface area (Å²) in [5, 5.41) is 0.186. The highest BCUT2D eigenvalue weighted by atomic mass is 35.5. The smallest absolute Gasteiger partial charge is 0.188 e. The highest BCUT2D eigenvalue weighted by molar-refractivity contribution is 7.79. The third kappa shape index (κ3) is 2.37. The number of ketones is 1. The first-order valence-corrected chi connectivity index (χ1v) is 4.92. The van der Waals surface area contributed by atoms with E-state index in [0.717, 1.165) is 0 Å². The molecule has 0 heterocycles. The summed E-state index contributed by atoms with van der Waals surface area (Å²) in [5.74, 6) is -0.164. The molecule has 1 atom stereocenters. The Kier molecular flexibility index (Phi) is 3.19. The summed E-state index contributed by atoms with van der Waals surface area (Å²) < 4.78 is 19.5. The summed E-state index contributed by atoms with van der Waals surface area (Å²) in [6.45, 7) is 1.38. The van der Waals surface area contributed by atoms with Crippen LogP contribution in [-0.2, 0) is 11.1 Å². The van der Waals surface area contributed by atoms with Gasteiger partial charge in [-0.25, -0.2) is 4.21 Å². The fraction of sp³-hybridized carbons (Fsp3) is 0.125. The predicted molar refractivity (Wildman–Crippen MR) is 50.5 cm³/mol. The van der Waals surface area contributed by atoms with Gasteiger partial charge in [0.15, 0.2) is 16.9 Å². The maximum Gasteiger partial charge on any atom is 0.188 e. The van der Waals surface area contributed by atoms with E-state index < -0.39 is 11.1 Å².